The van der Waals surface area contributed by atoms with Gasteiger partial charge in [0.2, 0.25) is 0 Å². The van der Waals surface area contributed by atoms with Gasteiger partial charge >= 0.3 is 0 Å². The summed E-state index contributed by atoms with van der Waals surface area (Å²) < 4.78 is 11.5. The first-order valence-corrected chi connectivity index (χ1v) is 10.2. The summed E-state index contributed by atoms with van der Waals surface area (Å²) in [7, 11) is 0. The predicted molar refractivity (Wildman–Crippen MR) is 120 cm³/mol. The molecule has 148 valence electrons. The van der Waals surface area contributed by atoms with Gasteiger partial charge in [-0.05, 0) is 43.5 Å². The number of ether oxygens (including phenoxy) is 2. The average Bonchev–Trinajstić information content (AvgIpc) is 2.70. The molecule has 0 atom stereocenters. The van der Waals surface area contributed by atoms with E-state index >= 15 is 0 Å². The van der Waals surface area contributed by atoms with Crippen LogP contribution in [0.25, 0.3) is 0 Å². The highest BCUT2D eigenvalue weighted by Gasteiger charge is 2.12. The van der Waals surface area contributed by atoms with Crippen LogP contribution in [0.15, 0.2) is 65.3 Å². The topological polar surface area (TPSA) is 69.2 Å². The summed E-state index contributed by atoms with van der Waals surface area (Å²) in [5.74, 6) is 2.20. The van der Waals surface area contributed by atoms with Crippen molar-refractivity contribution in [3.05, 3.63) is 71.8 Å². The Labute approximate surface area is 171 Å². The Hall–Kier alpha value is -2.73. The Morgan fingerprint density at radius 2 is 1.89 bits per heavy atom. The second kappa shape index (κ2) is 11.9. The lowest BCUT2D eigenvalue weighted by molar-refractivity contribution is 0.285. The largest absolute Gasteiger partial charge is 0.490 e. The van der Waals surface area contributed by atoms with Crippen molar-refractivity contribution in [2.24, 2.45) is 15.9 Å². The van der Waals surface area contributed by atoms with E-state index in [2.05, 4.69) is 28.9 Å². The number of hydrogen-bond acceptors (Lipinski definition) is 5. The van der Waals surface area contributed by atoms with Crippen molar-refractivity contribution in [2.45, 2.75) is 26.0 Å². The van der Waals surface area contributed by atoms with Crippen molar-refractivity contribution < 1.29 is 9.47 Å². The maximum Gasteiger partial charge on any atom is 0.180 e. The molecule has 0 spiro atoms. The van der Waals surface area contributed by atoms with E-state index in [1.165, 1.54) is 17.3 Å². The lowest BCUT2D eigenvalue weighted by atomic mass is 10.1. The molecular weight excluding hydrogens is 370 g/mol. The lowest BCUT2D eigenvalue weighted by Crippen LogP contribution is -2.06. The number of hydrogen-bond donors (Lipinski definition) is 1. The molecule has 0 bridgehead atoms. The minimum Gasteiger partial charge on any atom is -0.490 e. The zero-order valence-corrected chi connectivity index (χ0v) is 17.2. The molecule has 2 rings (SSSR count). The fraction of sp³-hybridized carbons (Fsp3) is 0.273. The first-order chi connectivity index (χ1) is 13.7. The molecule has 0 aliphatic carbocycles. The maximum absolute atomic E-state index is 5.95. The van der Waals surface area contributed by atoms with Crippen LogP contribution in [0.1, 0.15) is 30.5 Å². The van der Waals surface area contributed by atoms with Gasteiger partial charge in [0.25, 0.3) is 0 Å². The lowest BCUT2D eigenvalue weighted by Gasteiger charge is -2.15. The van der Waals surface area contributed by atoms with E-state index < -0.39 is 0 Å². The zero-order chi connectivity index (χ0) is 20.2. The normalized spacial score (nSPS) is 11.6. The van der Waals surface area contributed by atoms with Gasteiger partial charge in [-0.25, -0.2) is 0 Å². The molecule has 5 nitrogen and oxygen atoms in total. The molecule has 0 unspecified atom stereocenters. The van der Waals surface area contributed by atoms with Gasteiger partial charge in [-0.3, -0.25) is 0 Å². The van der Waals surface area contributed by atoms with Crippen molar-refractivity contribution in [1.29, 1.82) is 0 Å². The molecule has 0 heterocycles. The third-order valence-corrected chi connectivity index (χ3v) is 4.55. The van der Waals surface area contributed by atoms with Gasteiger partial charge in [-0.1, -0.05) is 48.2 Å². The summed E-state index contributed by atoms with van der Waals surface area (Å²) in [4.78, 5) is 0. The number of rotatable bonds is 10. The van der Waals surface area contributed by atoms with Gasteiger partial charge < -0.3 is 15.2 Å². The molecule has 2 N–H and O–H groups in total. The second-order valence-electron chi connectivity index (χ2n) is 5.82. The summed E-state index contributed by atoms with van der Waals surface area (Å²) in [6.07, 6.45) is 4.18. The molecule has 0 saturated carbocycles. The summed E-state index contributed by atoms with van der Waals surface area (Å²) in [6.45, 7) is 8.83. The van der Waals surface area contributed by atoms with Gasteiger partial charge in [0.1, 0.15) is 0 Å². The minimum atomic E-state index is 0.419. The Morgan fingerprint density at radius 3 is 2.57 bits per heavy atom. The van der Waals surface area contributed by atoms with E-state index in [0.29, 0.717) is 30.6 Å². The molecule has 0 saturated heterocycles. The van der Waals surface area contributed by atoms with Crippen LogP contribution >= 0.6 is 11.8 Å². The Morgan fingerprint density at radius 1 is 1.14 bits per heavy atom. The monoisotopic (exact) mass is 397 g/mol. The summed E-state index contributed by atoms with van der Waals surface area (Å²) in [5, 5.41) is 8.62. The molecule has 0 aliphatic heterocycles. The van der Waals surface area contributed by atoms with Crippen LogP contribution in [0.2, 0.25) is 0 Å². The molecule has 0 aliphatic rings. The molecule has 0 fully saturated rings. The third kappa shape index (κ3) is 6.78. The van der Waals surface area contributed by atoms with Crippen LogP contribution < -0.4 is 15.2 Å². The SMILES string of the molecule is C=CCc1cc(C=NN=C(N)SCc2ccccc2)cc(OCC)c1OCC. The first kappa shape index (κ1) is 21.6. The van der Waals surface area contributed by atoms with Gasteiger partial charge in [-0.2, -0.15) is 5.10 Å². The van der Waals surface area contributed by atoms with Crippen LogP contribution in [-0.4, -0.2) is 24.6 Å². The molecule has 0 radical (unpaired) electrons. The molecule has 2 aromatic rings. The van der Waals surface area contributed by atoms with Crippen molar-refractivity contribution in [3.63, 3.8) is 0 Å². The average molecular weight is 398 g/mol. The van der Waals surface area contributed by atoms with Crippen LogP contribution in [-0.2, 0) is 12.2 Å². The zero-order valence-electron chi connectivity index (χ0n) is 16.4. The van der Waals surface area contributed by atoms with Gasteiger partial charge in [0, 0.05) is 11.3 Å². The number of benzene rings is 2. The number of allylic oxidation sites excluding steroid dienone is 1. The molecule has 0 aromatic heterocycles. The molecule has 28 heavy (non-hydrogen) atoms. The molecule has 2 aromatic carbocycles. The fourth-order valence-electron chi connectivity index (χ4n) is 2.55. The van der Waals surface area contributed by atoms with E-state index in [4.69, 9.17) is 15.2 Å². The fourth-order valence-corrected chi connectivity index (χ4v) is 3.16. The van der Waals surface area contributed by atoms with E-state index in [1.54, 1.807) is 6.21 Å². The highest BCUT2D eigenvalue weighted by atomic mass is 32.2. The molecule has 0 amide bonds. The minimum absolute atomic E-state index is 0.419. The number of nitrogens with zero attached hydrogens (tertiary/aromatic N) is 2. The van der Waals surface area contributed by atoms with Crippen LogP contribution in [0.5, 0.6) is 11.5 Å². The van der Waals surface area contributed by atoms with Crippen LogP contribution in [0.4, 0.5) is 0 Å². The van der Waals surface area contributed by atoms with Crippen molar-refractivity contribution >= 4 is 23.1 Å². The van der Waals surface area contributed by atoms with Crippen molar-refractivity contribution in [1.82, 2.24) is 0 Å². The third-order valence-electron chi connectivity index (χ3n) is 3.70. The smallest absolute Gasteiger partial charge is 0.180 e. The Balaban J connectivity index is 2.13. The van der Waals surface area contributed by atoms with Crippen LogP contribution in [0, 0.1) is 0 Å². The Kier molecular flexibility index (Phi) is 9.15. The van der Waals surface area contributed by atoms with Gasteiger partial charge in [0.05, 0.1) is 19.4 Å². The van der Waals surface area contributed by atoms with Crippen LogP contribution in [0.3, 0.4) is 0 Å². The number of thioether (sulfide) groups is 1. The predicted octanol–water partition coefficient (Wildman–Crippen LogP) is 4.79. The number of nitrogens with two attached hydrogens (primary N) is 1. The molecular formula is C22H27N3O2S. The van der Waals surface area contributed by atoms with E-state index in [-0.39, 0.29) is 0 Å². The highest BCUT2D eigenvalue weighted by Crippen LogP contribution is 2.33. The van der Waals surface area contributed by atoms with Gasteiger partial charge in [0.15, 0.2) is 16.7 Å². The maximum atomic E-state index is 5.95. The standard InChI is InChI=1S/C22H27N3O2S/c1-4-10-19-13-18(14-20(26-5-2)21(19)27-6-3)15-24-25-22(23)28-16-17-11-8-7-9-12-17/h4,7-9,11-15H,1,5-6,10,16H2,2-3H3,(H2,23,25). The quantitative estimate of drug-likeness (QED) is 0.271. The highest BCUT2D eigenvalue weighted by molar-refractivity contribution is 8.13. The number of amidine groups is 1. The van der Waals surface area contributed by atoms with E-state index in [1.807, 2.05) is 50.3 Å². The Bertz CT molecular complexity index is 820. The van der Waals surface area contributed by atoms with Crippen molar-refractivity contribution in [3.8, 4) is 11.5 Å². The van der Waals surface area contributed by atoms with E-state index in [0.717, 1.165) is 22.6 Å². The first-order valence-electron chi connectivity index (χ1n) is 9.24. The second-order valence-corrected chi connectivity index (χ2v) is 6.82. The summed E-state index contributed by atoms with van der Waals surface area (Å²) in [5.41, 5.74) is 9.01. The van der Waals surface area contributed by atoms with Gasteiger partial charge in [-0.15, -0.1) is 11.7 Å². The summed E-state index contributed by atoms with van der Waals surface area (Å²) >= 11 is 1.45. The summed E-state index contributed by atoms with van der Waals surface area (Å²) in [6, 6.07) is 14.0. The molecule has 6 heteroatoms. The van der Waals surface area contributed by atoms with Crippen molar-refractivity contribution in [2.75, 3.05) is 13.2 Å². The van der Waals surface area contributed by atoms with E-state index in [9.17, 15) is 0 Å².